The van der Waals surface area contributed by atoms with Gasteiger partial charge >= 0.3 is 0 Å². The first kappa shape index (κ1) is 17.4. The molecule has 1 saturated heterocycles. The molecule has 1 aliphatic heterocycles. The van der Waals surface area contributed by atoms with Crippen LogP contribution in [0, 0.1) is 0 Å². The molecule has 134 valence electrons. The van der Waals surface area contributed by atoms with Gasteiger partial charge in [-0.15, -0.1) is 0 Å². The van der Waals surface area contributed by atoms with Gasteiger partial charge in [-0.25, -0.2) is 13.4 Å². The van der Waals surface area contributed by atoms with Crippen LogP contribution in [0.2, 0.25) is 0 Å². The van der Waals surface area contributed by atoms with E-state index in [2.05, 4.69) is 9.97 Å². The quantitative estimate of drug-likeness (QED) is 0.763. The van der Waals surface area contributed by atoms with Crippen molar-refractivity contribution < 1.29 is 22.6 Å². The van der Waals surface area contributed by atoms with Gasteiger partial charge in [0.15, 0.2) is 0 Å². The average molecular weight is 365 g/mol. The lowest BCUT2D eigenvalue weighted by Gasteiger charge is -2.19. The summed E-state index contributed by atoms with van der Waals surface area (Å²) in [6, 6.07) is 4.70. The van der Waals surface area contributed by atoms with E-state index in [1.165, 1.54) is 37.0 Å². The Bertz CT molecular complexity index is 829. The molecule has 9 heteroatoms. The van der Waals surface area contributed by atoms with E-state index >= 15 is 0 Å². The molecule has 0 aliphatic carbocycles. The maximum absolute atomic E-state index is 13.0. The molecule has 0 amide bonds. The van der Waals surface area contributed by atoms with Crippen molar-refractivity contribution in [2.24, 2.45) is 0 Å². The fourth-order valence-electron chi connectivity index (χ4n) is 2.65. The Balaban J connectivity index is 1.80. The maximum Gasteiger partial charge on any atom is 0.247 e. The van der Waals surface area contributed by atoms with Crippen LogP contribution in [0.4, 0.5) is 0 Å². The highest BCUT2D eigenvalue weighted by Crippen LogP contribution is 2.32. The van der Waals surface area contributed by atoms with Crippen molar-refractivity contribution in [3.63, 3.8) is 0 Å². The van der Waals surface area contributed by atoms with E-state index in [0.29, 0.717) is 24.6 Å². The largest absolute Gasteiger partial charge is 0.497 e. The first-order valence-corrected chi connectivity index (χ1v) is 9.13. The molecule has 8 nitrogen and oxygen atoms in total. The van der Waals surface area contributed by atoms with Gasteiger partial charge in [-0.2, -0.15) is 4.31 Å². The van der Waals surface area contributed by atoms with E-state index in [1.807, 2.05) is 0 Å². The molecule has 0 saturated carbocycles. The first-order chi connectivity index (χ1) is 12.0. The molecule has 0 spiro atoms. The van der Waals surface area contributed by atoms with Gasteiger partial charge < -0.3 is 14.2 Å². The average Bonchev–Trinajstić information content (AvgIpc) is 3.11. The third-order valence-corrected chi connectivity index (χ3v) is 5.81. The summed E-state index contributed by atoms with van der Waals surface area (Å²) in [5.74, 6) is 1.11. The van der Waals surface area contributed by atoms with Crippen LogP contribution >= 0.6 is 0 Å². The van der Waals surface area contributed by atoms with Gasteiger partial charge in [-0.05, 0) is 18.6 Å². The number of rotatable bonds is 6. The summed E-state index contributed by atoms with van der Waals surface area (Å²) in [5, 5.41) is 0. The second-order valence-electron chi connectivity index (χ2n) is 5.45. The Morgan fingerprint density at radius 1 is 1.20 bits per heavy atom. The smallest absolute Gasteiger partial charge is 0.247 e. The summed E-state index contributed by atoms with van der Waals surface area (Å²) >= 11 is 0. The predicted octanol–water partition coefficient (Wildman–Crippen LogP) is 1.34. The molecule has 1 aromatic carbocycles. The zero-order valence-electron chi connectivity index (χ0n) is 14.0. The molecule has 3 rings (SSSR count). The van der Waals surface area contributed by atoms with Crippen LogP contribution in [0.25, 0.3) is 0 Å². The molecule has 0 radical (unpaired) electrons. The van der Waals surface area contributed by atoms with Gasteiger partial charge in [0.1, 0.15) is 22.5 Å². The molecule has 1 aromatic heterocycles. The third-order valence-electron chi connectivity index (χ3n) is 3.92. The summed E-state index contributed by atoms with van der Waals surface area (Å²) in [6.07, 6.45) is 4.88. The number of ether oxygens (including phenoxy) is 3. The highest BCUT2D eigenvalue weighted by Gasteiger charge is 2.35. The van der Waals surface area contributed by atoms with Crippen LogP contribution < -0.4 is 14.2 Å². The molecule has 25 heavy (non-hydrogen) atoms. The SMILES string of the molecule is COc1ccc(OC)c(S(=O)(=O)N2CCC(Oc3cnccn3)C2)c1. The number of benzene rings is 1. The lowest BCUT2D eigenvalue weighted by atomic mass is 10.3. The molecular weight excluding hydrogens is 346 g/mol. The lowest BCUT2D eigenvalue weighted by molar-refractivity contribution is 0.206. The minimum atomic E-state index is -3.73. The van der Waals surface area contributed by atoms with Gasteiger partial charge in [0, 0.05) is 25.0 Å². The highest BCUT2D eigenvalue weighted by molar-refractivity contribution is 7.89. The van der Waals surface area contributed by atoms with Crippen LogP contribution in [-0.4, -0.2) is 56.1 Å². The fraction of sp³-hybridized carbons (Fsp3) is 0.375. The van der Waals surface area contributed by atoms with Crippen LogP contribution in [-0.2, 0) is 10.0 Å². The zero-order valence-corrected chi connectivity index (χ0v) is 14.8. The van der Waals surface area contributed by atoms with E-state index in [9.17, 15) is 8.42 Å². The molecule has 2 aromatic rings. The number of nitrogens with zero attached hydrogens (tertiary/aromatic N) is 3. The normalized spacial score (nSPS) is 18.1. The standard InChI is InChI=1S/C16H19N3O5S/c1-22-12-3-4-14(23-2)15(9-12)25(20,21)19-8-5-13(11-19)24-16-10-17-6-7-18-16/h3-4,6-7,9-10,13H,5,8,11H2,1-2H3. The van der Waals surface area contributed by atoms with E-state index in [-0.39, 0.29) is 23.3 Å². The molecule has 1 fully saturated rings. The Kier molecular flexibility index (Phi) is 5.05. The van der Waals surface area contributed by atoms with Crippen molar-refractivity contribution in [3.05, 3.63) is 36.8 Å². The monoisotopic (exact) mass is 365 g/mol. The first-order valence-electron chi connectivity index (χ1n) is 7.69. The van der Waals surface area contributed by atoms with Crippen molar-refractivity contribution in [1.29, 1.82) is 0 Å². The van der Waals surface area contributed by atoms with Crippen LogP contribution in [0.15, 0.2) is 41.7 Å². The minimum Gasteiger partial charge on any atom is -0.497 e. The maximum atomic E-state index is 13.0. The summed E-state index contributed by atoms with van der Waals surface area (Å²) in [4.78, 5) is 8.06. The van der Waals surface area contributed by atoms with Crippen LogP contribution in [0.1, 0.15) is 6.42 Å². The molecule has 2 heterocycles. The number of hydrogen-bond acceptors (Lipinski definition) is 7. The molecule has 1 atom stereocenters. The van der Waals surface area contributed by atoms with E-state index in [0.717, 1.165) is 0 Å². The highest BCUT2D eigenvalue weighted by atomic mass is 32.2. The minimum absolute atomic E-state index is 0.0782. The van der Waals surface area contributed by atoms with Crippen molar-refractivity contribution in [3.8, 4) is 17.4 Å². The van der Waals surface area contributed by atoms with E-state index < -0.39 is 10.0 Å². The van der Waals surface area contributed by atoms with E-state index in [4.69, 9.17) is 14.2 Å². The van der Waals surface area contributed by atoms with Gasteiger partial charge in [0.05, 0.1) is 27.0 Å². The van der Waals surface area contributed by atoms with Gasteiger partial charge in [-0.1, -0.05) is 0 Å². The Hall–Kier alpha value is -2.39. The second kappa shape index (κ2) is 7.24. The molecule has 1 aliphatic rings. The summed E-state index contributed by atoms with van der Waals surface area (Å²) < 4.78 is 43.4. The Morgan fingerprint density at radius 3 is 2.72 bits per heavy atom. The van der Waals surface area contributed by atoms with Crippen molar-refractivity contribution in [2.75, 3.05) is 27.3 Å². The molecule has 1 unspecified atom stereocenters. The summed E-state index contributed by atoms with van der Waals surface area (Å²) in [5.41, 5.74) is 0. The predicted molar refractivity (Wildman–Crippen MR) is 89.4 cm³/mol. The number of sulfonamides is 1. The number of aromatic nitrogens is 2. The fourth-order valence-corrected chi connectivity index (χ4v) is 4.31. The number of hydrogen-bond donors (Lipinski definition) is 0. The third kappa shape index (κ3) is 3.67. The topological polar surface area (TPSA) is 90.9 Å². The zero-order chi connectivity index (χ0) is 17.9. The summed E-state index contributed by atoms with van der Waals surface area (Å²) in [7, 11) is -0.807. The second-order valence-corrected chi connectivity index (χ2v) is 7.36. The van der Waals surface area contributed by atoms with E-state index in [1.54, 1.807) is 18.3 Å². The van der Waals surface area contributed by atoms with Gasteiger partial charge in [-0.3, -0.25) is 4.98 Å². The molecule has 0 N–H and O–H groups in total. The lowest BCUT2D eigenvalue weighted by Crippen LogP contribution is -2.31. The Labute approximate surface area is 146 Å². The van der Waals surface area contributed by atoms with Crippen molar-refractivity contribution in [2.45, 2.75) is 17.4 Å². The van der Waals surface area contributed by atoms with Crippen LogP contribution in [0.5, 0.6) is 17.4 Å². The van der Waals surface area contributed by atoms with Gasteiger partial charge in [0.2, 0.25) is 15.9 Å². The Morgan fingerprint density at radius 2 is 2.04 bits per heavy atom. The summed E-state index contributed by atoms with van der Waals surface area (Å²) in [6.45, 7) is 0.590. The van der Waals surface area contributed by atoms with Gasteiger partial charge in [0.25, 0.3) is 0 Å². The number of methoxy groups -OCH3 is 2. The van der Waals surface area contributed by atoms with Crippen molar-refractivity contribution in [1.82, 2.24) is 14.3 Å². The molecule has 0 bridgehead atoms. The molecular formula is C16H19N3O5S. The van der Waals surface area contributed by atoms with Crippen LogP contribution in [0.3, 0.4) is 0 Å². The van der Waals surface area contributed by atoms with Crippen molar-refractivity contribution >= 4 is 10.0 Å².